The topological polar surface area (TPSA) is 69.0 Å². The third-order valence-electron chi connectivity index (χ3n) is 4.96. The van der Waals surface area contributed by atoms with Gasteiger partial charge in [0.1, 0.15) is 12.4 Å². The van der Waals surface area contributed by atoms with E-state index in [1.807, 2.05) is 62.7 Å². The second kappa shape index (κ2) is 9.80. The molecule has 0 aliphatic carbocycles. The van der Waals surface area contributed by atoms with E-state index in [1.165, 1.54) is 11.8 Å². The molecule has 0 fully saturated rings. The third-order valence-corrected chi connectivity index (χ3v) is 5.98. The van der Waals surface area contributed by atoms with Gasteiger partial charge >= 0.3 is 0 Å². The maximum atomic E-state index is 12.5. The highest BCUT2D eigenvalue weighted by Gasteiger charge is 2.14. The first-order valence-corrected chi connectivity index (χ1v) is 11.0. The zero-order valence-corrected chi connectivity index (χ0v) is 19.0. The lowest BCUT2D eigenvalue weighted by molar-refractivity contribution is -0.113. The first-order chi connectivity index (χ1) is 14.4. The summed E-state index contributed by atoms with van der Waals surface area (Å²) in [5.41, 5.74) is 5.34. The number of ether oxygens (including phenoxy) is 1. The molecule has 0 unspecified atom stereocenters. The van der Waals surface area contributed by atoms with E-state index in [0.29, 0.717) is 17.6 Å². The molecular formula is C23H28N4O2S. The van der Waals surface area contributed by atoms with Crippen LogP contribution in [0.3, 0.4) is 0 Å². The molecule has 30 heavy (non-hydrogen) atoms. The summed E-state index contributed by atoms with van der Waals surface area (Å²) >= 11 is 1.36. The fourth-order valence-electron chi connectivity index (χ4n) is 3.11. The van der Waals surface area contributed by atoms with Crippen molar-refractivity contribution < 1.29 is 9.53 Å². The molecule has 3 aromatic rings. The van der Waals surface area contributed by atoms with Gasteiger partial charge in [0.25, 0.3) is 0 Å². The molecule has 0 aliphatic rings. The van der Waals surface area contributed by atoms with Crippen LogP contribution in [-0.4, -0.2) is 26.4 Å². The Morgan fingerprint density at radius 2 is 1.93 bits per heavy atom. The number of nitrogens with one attached hydrogen (secondary N) is 1. The predicted octanol–water partition coefficient (Wildman–Crippen LogP) is 4.61. The van der Waals surface area contributed by atoms with Gasteiger partial charge < -0.3 is 14.6 Å². The summed E-state index contributed by atoms with van der Waals surface area (Å²) in [5.74, 6) is 1.77. The largest absolute Gasteiger partial charge is 0.485 e. The molecule has 0 saturated heterocycles. The van der Waals surface area contributed by atoms with E-state index in [-0.39, 0.29) is 11.7 Å². The van der Waals surface area contributed by atoms with Gasteiger partial charge in [0.2, 0.25) is 5.91 Å². The summed E-state index contributed by atoms with van der Waals surface area (Å²) in [5, 5.41) is 12.2. The van der Waals surface area contributed by atoms with Crippen LogP contribution in [0.2, 0.25) is 0 Å². The zero-order chi connectivity index (χ0) is 21.7. The average Bonchev–Trinajstić information content (AvgIpc) is 3.08. The first-order valence-electron chi connectivity index (χ1n) is 9.98. The number of aryl methyl sites for hydroxylation is 4. The number of benzene rings is 2. The van der Waals surface area contributed by atoms with Crippen LogP contribution in [0, 0.1) is 20.8 Å². The lowest BCUT2D eigenvalue weighted by Crippen LogP contribution is -2.16. The van der Waals surface area contributed by atoms with Crippen molar-refractivity contribution in [3.05, 3.63) is 64.5 Å². The Labute approximate surface area is 182 Å². The zero-order valence-electron chi connectivity index (χ0n) is 18.2. The Morgan fingerprint density at radius 1 is 1.13 bits per heavy atom. The minimum atomic E-state index is -0.0554. The first kappa shape index (κ1) is 21.9. The van der Waals surface area contributed by atoms with Crippen LogP contribution in [0.15, 0.2) is 41.6 Å². The number of anilines is 1. The Kier molecular flexibility index (Phi) is 7.15. The number of thioether (sulfide) groups is 1. The average molecular weight is 425 g/mol. The molecule has 0 bridgehead atoms. The molecule has 6 nitrogen and oxygen atoms in total. The number of rotatable bonds is 8. The molecule has 7 heteroatoms. The quantitative estimate of drug-likeness (QED) is 0.535. The molecule has 158 valence electrons. The summed E-state index contributed by atoms with van der Waals surface area (Å²) in [6.07, 6.45) is 0.873. The van der Waals surface area contributed by atoms with Crippen LogP contribution in [-0.2, 0) is 24.9 Å². The lowest BCUT2D eigenvalue weighted by Gasteiger charge is -2.12. The second-order valence-electron chi connectivity index (χ2n) is 7.31. The van der Waals surface area contributed by atoms with Gasteiger partial charge in [-0.3, -0.25) is 4.79 Å². The molecule has 0 aliphatic heterocycles. The third kappa shape index (κ3) is 5.21. The number of carbonyl (C=O) groups excluding carboxylic acids is 1. The number of amides is 1. The monoisotopic (exact) mass is 424 g/mol. The van der Waals surface area contributed by atoms with Gasteiger partial charge in [-0.1, -0.05) is 49.0 Å². The van der Waals surface area contributed by atoms with Gasteiger partial charge in [-0.05, 0) is 55.5 Å². The van der Waals surface area contributed by atoms with Crippen LogP contribution < -0.4 is 10.1 Å². The van der Waals surface area contributed by atoms with E-state index in [9.17, 15) is 4.79 Å². The summed E-state index contributed by atoms with van der Waals surface area (Å²) in [4.78, 5) is 12.5. The summed E-state index contributed by atoms with van der Waals surface area (Å²) in [6, 6.07) is 12.2. The van der Waals surface area contributed by atoms with Crippen LogP contribution in [0.4, 0.5) is 5.69 Å². The lowest BCUT2D eigenvalue weighted by atomic mass is 10.1. The molecular weight excluding hydrogens is 396 g/mol. The molecule has 0 radical (unpaired) electrons. The van der Waals surface area contributed by atoms with Crippen LogP contribution in [0.5, 0.6) is 5.75 Å². The van der Waals surface area contributed by atoms with E-state index >= 15 is 0 Å². The van der Waals surface area contributed by atoms with E-state index in [2.05, 4.69) is 28.5 Å². The van der Waals surface area contributed by atoms with Gasteiger partial charge in [-0.2, -0.15) is 0 Å². The smallest absolute Gasteiger partial charge is 0.234 e. The standard InChI is InChI=1S/C23H28N4O2S/c1-6-18-9-7-8-17(4)22(18)24-21(28)14-30-23-26-25-20(27(23)5)13-29-19-12-15(2)10-11-16(19)3/h7-12H,6,13-14H2,1-5H3,(H,24,28). The molecule has 1 aromatic heterocycles. The fourth-order valence-corrected chi connectivity index (χ4v) is 3.84. The Morgan fingerprint density at radius 3 is 2.70 bits per heavy atom. The highest BCUT2D eigenvalue weighted by atomic mass is 32.2. The molecule has 1 N–H and O–H groups in total. The Hall–Kier alpha value is -2.80. The molecule has 1 heterocycles. The normalized spacial score (nSPS) is 10.8. The van der Waals surface area contributed by atoms with Crippen molar-refractivity contribution in [2.24, 2.45) is 7.05 Å². The number of carbonyl (C=O) groups is 1. The van der Waals surface area contributed by atoms with E-state index in [4.69, 9.17) is 4.74 Å². The fraction of sp³-hybridized carbons (Fsp3) is 0.348. The number of hydrogen-bond acceptors (Lipinski definition) is 5. The summed E-state index contributed by atoms with van der Waals surface area (Å²) in [6.45, 7) is 8.47. The Balaban J connectivity index is 1.59. The molecule has 3 rings (SSSR count). The number of aromatic nitrogens is 3. The Bertz CT molecular complexity index is 1050. The highest BCUT2D eigenvalue weighted by molar-refractivity contribution is 7.99. The van der Waals surface area contributed by atoms with Gasteiger partial charge in [-0.25, -0.2) is 0 Å². The van der Waals surface area contributed by atoms with Crippen LogP contribution in [0.1, 0.15) is 35.0 Å². The van der Waals surface area contributed by atoms with Crippen molar-refractivity contribution in [3.63, 3.8) is 0 Å². The van der Waals surface area contributed by atoms with Gasteiger partial charge in [-0.15, -0.1) is 10.2 Å². The molecule has 0 spiro atoms. The van der Waals surface area contributed by atoms with Crippen molar-refractivity contribution >= 4 is 23.4 Å². The highest BCUT2D eigenvalue weighted by Crippen LogP contribution is 2.23. The van der Waals surface area contributed by atoms with Gasteiger partial charge in [0.05, 0.1) is 5.75 Å². The summed E-state index contributed by atoms with van der Waals surface area (Å²) in [7, 11) is 1.89. The molecule has 0 atom stereocenters. The van der Waals surface area contributed by atoms with Crippen molar-refractivity contribution in [2.45, 2.75) is 45.9 Å². The van der Waals surface area contributed by atoms with Crippen molar-refractivity contribution in [1.29, 1.82) is 0 Å². The van der Waals surface area contributed by atoms with E-state index in [1.54, 1.807) is 0 Å². The SMILES string of the molecule is CCc1cccc(C)c1NC(=O)CSc1nnc(COc2cc(C)ccc2C)n1C. The maximum Gasteiger partial charge on any atom is 0.234 e. The molecule has 1 amide bonds. The number of para-hydroxylation sites is 1. The predicted molar refractivity (Wildman–Crippen MR) is 121 cm³/mol. The molecule has 2 aromatic carbocycles. The van der Waals surface area contributed by atoms with Crippen molar-refractivity contribution in [1.82, 2.24) is 14.8 Å². The number of nitrogens with zero attached hydrogens (tertiary/aromatic N) is 3. The minimum Gasteiger partial charge on any atom is -0.485 e. The van der Waals surface area contributed by atoms with Gasteiger partial charge in [0, 0.05) is 12.7 Å². The minimum absolute atomic E-state index is 0.0554. The molecule has 0 saturated carbocycles. The summed E-state index contributed by atoms with van der Waals surface area (Å²) < 4.78 is 7.80. The van der Waals surface area contributed by atoms with Crippen molar-refractivity contribution in [3.8, 4) is 5.75 Å². The van der Waals surface area contributed by atoms with E-state index < -0.39 is 0 Å². The van der Waals surface area contributed by atoms with Crippen molar-refractivity contribution in [2.75, 3.05) is 11.1 Å². The number of hydrogen-bond donors (Lipinski definition) is 1. The second-order valence-corrected chi connectivity index (χ2v) is 8.26. The van der Waals surface area contributed by atoms with Gasteiger partial charge in [0.15, 0.2) is 11.0 Å². The van der Waals surface area contributed by atoms with Crippen LogP contribution >= 0.6 is 11.8 Å². The van der Waals surface area contributed by atoms with E-state index in [0.717, 1.165) is 40.1 Å². The maximum absolute atomic E-state index is 12.5. The van der Waals surface area contributed by atoms with Crippen LogP contribution in [0.25, 0.3) is 0 Å².